The summed E-state index contributed by atoms with van der Waals surface area (Å²) in [7, 11) is 1.54. The van der Waals surface area contributed by atoms with Crippen molar-refractivity contribution in [1.82, 2.24) is 4.90 Å². The number of aliphatic hydroxyl groups is 4. The van der Waals surface area contributed by atoms with E-state index in [4.69, 9.17) is 44.6 Å². The number of carbonyl (C=O) groups is 2. The molecule has 0 spiro atoms. The number of carboxylic acid groups (broad SMARTS) is 1. The van der Waals surface area contributed by atoms with Gasteiger partial charge in [0.25, 0.3) is 0 Å². The molecule has 3 aromatic rings. The second kappa shape index (κ2) is 16.1. The van der Waals surface area contributed by atoms with Crippen molar-refractivity contribution in [3.8, 4) is 28.7 Å². The summed E-state index contributed by atoms with van der Waals surface area (Å²) in [6.07, 6.45) is -4.12. The Morgan fingerprint density at radius 3 is 2.62 bits per heavy atom. The molecular weight excluding hydrogens is 833 g/mol. The van der Waals surface area contributed by atoms with Gasteiger partial charge in [0, 0.05) is 66.2 Å². The highest BCUT2D eigenvalue weighted by molar-refractivity contribution is 5.90. The number of rotatable bonds is 13. The van der Waals surface area contributed by atoms with Crippen molar-refractivity contribution < 1.29 is 68.3 Å². The van der Waals surface area contributed by atoms with Crippen LogP contribution in [0.2, 0.25) is 0 Å². The van der Waals surface area contributed by atoms with Gasteiger partial charge in [-0.3, -0.25) is 14.6 Å². The van der Waals surface area contributed by atoms with Crippen molar-refractivity contribution >= 4 is 18.2 Å². The van der Waals surface area contributed by atoms with Crippen molar-refractivity contribution in [3.05, 3.63) is 99.9 Å². The Labute approximate surface area is 367 Å². The number of aliphatic carboxylic acids is 1. The number of aliphatic imine (C=N–C) groups is 1. The molecule has 6 heterocycles. The Kier molecular flexibility index (Phi) is 10.6. The van der Waals surface area contributed by atoms with Crippen LogP contribution in [0, 0.1) is 5.92 Å². The van der Waals surface area contributed by atoms with Crippen LogP contribution < -0.4 is 35.2 Å². The molecule has 2 fully saturated rings. The van der Waals surface area contributed by atoms with Crippen LogP contribution in [-0.4, -0.2) is 124 Å². The minimum atomic E-state index is -2.25. The third-order valence-electron chi connectivity index (χ3n) is 13.7. The van der Waals surface area contributed by atoms with Gasteiger partial charge in [-0.1, -0.05) is 36.4 Å². The number of methoxy groups -OCH3 is 1. The lowest BCUT2D eigenvalue weighted by Crippen LogP contribution is -2.80. The lowest BCUT2D eigenvalue weighted by atomic mass is 9.60. The first-order valence-electron chi connectivity index (χ1n) is 21.4. The maximum atomic E-state index is 12.7. The smallest absolute Gasteiger partial charge is 0.317 e. The summed E-state index contributed by atoms with van der Waals surface area (Å²) in [5, 5.41) is 56.1. The van der Waals surface area contributed by atoms with Gasteiger partial charge in [-0.15, -0.1) is 0 Å². The molecule has 18 heteroatoms. The van der Waals surface area contributed by atoms with E-state index in [-0.39, 0.29) is 44.1 Å². The number of fused-ring (bicyclic) bond motifs is 8. The average molecular weight is 883 g/mol. The second-order valence-corrected chi connectivity index (χ2v) is 17.5. The van der Waals surface area contributed by atoms with Crippen LogP contribution in [-0.2, 0) is 38.4 Å². The van der Waals surface area contributed by atoms with Gasteiger partial charge < -0.3 is 75.1 Å². The molecule has 338 valence electrons. The molecule has 64 heavy (non-hydrogen) atoms. The summed E-state index contributed by atoms with van der Waals surface area (Å²) in [6, 6.07) is 15.5. The molecule has 3 aromatic carbocycles. The van der Waals surface area contributed by atoms with Crippen molar-refractivity contribution in [2.24, 2.45) is 22.4 Å². The number of carboxylic acids is 1. The summed E-state index contributed by atoms with van der Waals surface area (Å²) in [5.74, 6) is -1.77. The Hall–Kier alpha value is -5.73. The molecule has 1 aliphatic carbocycles. The summed E-state index contributed by atoms with van der Waals surface area (Å²) in [4.78, 5) is 30.7. The third-order valence-corrected chi connectivity index (χ3v) is 13.7. The van der Waals surface area contributed by atoms with Gasteiger partial charge in [-0.25, -0.2) is 0 Å². The number of esters is 1. The van der Waals surface area contributed by atoms with Gasteiger partial charge in [0.2, 0.25) is 12.0 Å². The first-order valence-corrected chi connectivity index (χ1v) is 21.4. The second-order valence-electron chi connectivity index (χ2n) is 17.5. The van der Waals surface area contributed by atoms with Crippen LogP contribution in [0.3, 0.4) is 0 Å². The molecule has 1 saturated carbocycles. The van der Waals surface area contributed by atoms with Gasteiger partial charge in [-0.2, -0.15) is 0 Å². The zero-order valence-electron chi connectivity index (χ0n) is 34.9. The molecule has 6 aliphatic heterocycles. The Morgan fingerprint density at radius 2 is 1.89 bits per heavy atom. The number of hydrogen-bond donors (Lipinski definition) is 7. The van der Waals surface area contributed by atoms with Crippen molar-refractivity contribution in [1.29, 1.82) is 0 Å². The first-order chi connectivity index (χ1) is 30.8. The molecule has 2 bridgehead atoms. The van der Waals surface area contributed by atoms with Gasteiger partial charge in [0.1, 0.15) is 54.5 Å². The minimum Gasteiger partial charge on any atom is -0.493 e. The summed E-state index contributed by atoms with van der Waals surface area (Å²) >= 11 is 0. The number of nitrogens with zero attached hydrogens (tertiary/aromatic N) is 2. The molecule has 0 aromatic heterocycles. The van der Waals surface area contributed by atoms with E-state index in [2.05, 4.69) is 9.89 Å². The fourth-order valence-electron chi connectivity index (χ4n) is 10.8. The topological polar surface area (TPSA) is 268 Å². The van der Waals surface area contributed by atoms with Crippen LogP contribution in [0.5, 0.6) is 28.7 Å². The van der Waals surface area contributed by atoms with E-state index in [1.165, 1.54) is 7.11 Å². The predicted octanol–water partition coefficient (Wildman–Crippen LogP) is 1.48. The number of benzene rings is 3. The SMILES string of the molecule is COc1ccc2c(c1OCCO)OC1c3c(cc4c(c3CN3C=C5N=CC=C5C3)CC3CCC5(O)C(C(OC(=O)CC(=O)O)C(N)N)OC(O4)C3(O)C5O)OC(Cc3ccccc3)C21. The molecule has 0 radical (unpaired) electrons. The quantitative estimate of drug-likeness (QED) is 0.0728. The third kappa shape index (κ3) is 6.78. The van der Waals surface area contributed by atoms with Gasteiger partial charge in [-0.05, 0) is 42.5 Å². The number of hydrogen-bond acceptors (Lipinski definition) is 17. The molecule has 18 nitrogen and oxygen atoms in total. The van der Waals surface area contributed by atoms with Crippen LogP contribution in [0.15, 0.2) is 77.1 Å². The largest absolute Gasteiger partial charge is 0.493 e. The molecular formula is C46H50N4O14. The van der Waals surface area contributed by atoms with Crippen molar-refractivity contribution in [3.63, 3.8) is 0 Å². The average Bonchev–Trinajstić information content (AvgIpc) is 3.96. The molecule has 7 aliphatic rings. The number of carbonyl (C=O) groups excluding carboxylic acids is 1. The highest BCUT2D eigenvalue weighted by Crippen LogP contribution is 2.61. The lowest BCUT2D eigenvalue weighted by Gasteiger charge is -2.60. The van der Waals surface area contributed by atoms with Gasteiger partial charge >= 0.3 is 11.9 Å². The number of ether oxygens (including phenoxy) is 7. The zero-order valence-corrected chi connectivity index (χ0v) is 34.9. The van der Waals surface area contributed by atoms with Crippen LogP contribution in [0.4, 0.5) is 0 Å². The summed E-state index contributed by atoms with van der Waals surface area (Å²) in [6.45, 7) is 0.659. The van der Waals surface area contributed by atoms with E-state index >= 15 is 0 Å². The first kappa shape index (κ1) is 42.2. The van der Waals surface area contributed by atoms with E-state index in [9.17, 15) is 35.1 Å². The Morgan fingerprint density at radius 1 is 1.08 bits per heavy atom. The van der Waals surface area contributed by atoms with Crippen LogP contribution in [0.1, 0.15) is 59.1 Å². The van der Waals surface area contributed by atoms with E-state index in [0.717, 1.165) is 33.5 Å². The summed E-state index contributed by atoms with van der Waals surface area (Å²) < 4.78 is 44.5. The van der Waals surface area contributed by atoms with E-state index in [1.54, 1.807) is 12.3 Å². The number of aliphatic hydroxyl groups excluding tert-OH is 2. The van der Waals surface area contributed by atoms with Gasteiger partial charge in [0.15, 0.2) is 23.2 Å². The van der Waals surface area contributed by atoms with Crippen LogP contribution in [0.25, 0.3) is 0 Å². The summed E-state index contributed by atoms with van der Waals surface area (Å²) in [5.41, 5.74) is 13.7. The minimum absolute atomic E-state index is 0.00218. The fraction of sp³-hybridized carbons (Fsp3) is 0.457. The van der Waals surface area contributed by atoms with E-state index in [0.29, 0.717) is 48.1 Å². The van der Waals surface area contributed by atoms with E-state index < -0.39 is 78.5 Å². The van der Waals surface area contributed by atoms with Crippen molar-refractivity contribution in [2.75, 3.05) is 26.9 Å². The highest BCUT2D eigenvalue weighted by atomic mass is 16.7. The Balaban J connectivity index is 1.12. The van der Waals surface area contributed by atoms with Crippen molar-refractivity contribution in [2.45, 2.75) is 98.7 Å². The van der Waals surface area contributed by atoms with Gasteiger partial charge in [0.05, 0.1) is 31.5 Å². The molecule has 9 N–H and O–H groups in total. The molecule has 0 amide bonds. The Bertz CT molecular complexity index is 2460. The highest BCUT2D eigenvalue weighted by Gasteiger charge is 2.71. The molecule has 10 unspecified atom stereocenters. The zero-order chi connectivity index (χ0) is 44.7. The maximum Gasteiger partial charge on any atom is 0.317 e. The molecule has 1 saturated heterocycles. The molecule has 10 atom stereocenters. The van der Waals surface area contributed by atoms with E-state index in [1.807, 2.05) is 54.7 Å². The lowest BCUT2D eigenvalue weighted by molar-refractivity contribution is -0.384. The van der Waals surface area contributed by atoms with Crippen LogP contribution >= 0.6 is 0 Å². The number of allylic oxidation sites excluding steroid dienone is 1. The normalized spacial score (nSPS) is 30.5. The maximum absolute atomic E-state index is 12.7. The fourth-order valence-corrected chi connectivity index (χ4v) is 10.8. The molecule has 10 rings (SSSR count). The number of nitrogens with two attached hydrogens (primary N) is 2. The predicted molar refractivity (Wildman–Crippen MR) is 224 cm³/mol. The monoisotopic (exact) mass is 882 g/mol. The standard InChI is InChI=1S/C46H50N4O14/c1-58-29-8-7-25-35-31(15-22-5-3-2-4-6-22)60-32-17-30-26(27(20-50-19-23-10-12-49-28(23)21-50)36(32)39(35)63-37(25)38(29)59-14-13-51)16-24-9-11-45(56)41(64-44(61-30)46(24,57)43(45)55)40(42(47)48)62-34(54)18-33(52)53/h2-8,10,12,17,21,24,31,35,39-44,51,55-57H,9,11,13-16,18-20,47-48H2,1H3,(H,52,53).